The van der Waals surface area contributed by atoms with Crippen LogP contribution in [0.5, 0.6) is 0 Å². The Balaban J connectivity index is 1.63. The number of ether oxygens (including phenoxy) is 1. The van der Waals surface area contributed by atoms with Crippen molar-refractivity contribution in [1.82, 2.24) is 10.3 Å². The molecule has 0 spiro atoms. The van der Waals surface area contributed by atoms with Crippen molar-refractivity contribution >= 4 is 38.6 Å². The summed E-state index contributed by atoms with van der Waals surface area (Å²) in [7, 11) is 0. The largest absolute Gasteiger partial charge is 0.460 e. The minimum Gasteiger partial charge on any atom is -0.460 e. The molecule has 2 aromatic carbocycles. The van der Waals surface area contributed by atoms with Gasteiger partial charge in [0.1, 0.15) is 17.6 Å². The van der Waals surface area contributed by atoms with Gasteiger partial charge in [0.05, 0.1) is 17.6 Å². The van der Waals surface area contributed by atoms with Gasteiger partial charge in [0.2, 0.25) is 0 Å². The fourth-order valence-electron chi connectivity index (χ4n) is 5.57. The average Bonchev–Trinajstić information content (AvgIpc) is 2.90. The molecule has 0 amide bonds. The molecule has 3 aromatic rings. The van der Waals surface area contributed by atoms with Crippen LogP contribution in [0.4, 0.5) is 23.4 Å². The Morgan fingerprint density at radius 2 is 1.93 bits per heavy atom. The van der Waals surface area contributed by atoms with Crippen LogP contribution >= 0.6 is 15.9 Å². The van der Waals surface area contributed by atoms with E-state index in [9.17, 15) is 22.4 Å². The van der Waals surface area contributed by atoms with E-state index in [1.807, 2.05) is 30.0 Å². The van der Waals surface area contributed by atoms with Gasteiger partial charge < -0.3 is 15.0 Å². The molecule has 42 heavy (non-hydrogen) atoms. The first-order chi connectivity index (χ1) is 19.7. The van der Waals surface area contributed by atoms with Gasteiger partial charge in [-0.1, -0.05) is 34.1 Å². The Bertz CT molecular complexity index is 1410. The Hall–Kier alpha value is -2.72. The number of carbonyl (C=O) groups excluding carboxylic acids is 1. The van der Waals surface area contributed by atoms with E-state index in [1.165, 1.54) is 12.1 Å². The molecule has 1 N–H and O–H groups in total. The lowest BCUT2D eigenvalue weighted by molar-refractivity contribution is -0.155. The predicted molar refractivity (Wildman–Crippen MR) is 161 cm³/mol. The molecular weight excluding hydrogens is 614 g/mol. The highest BCUT2D eigenvalue weighted by Crippen LogP contribution is 2.37. The number of halogens is 5. The SMILES string of the molecule is Cc1c(N2CCCC(F)C2)nc2ccc(Br)cc2c1CNCC(CCC(=O)OC(C)(C)C)c1ccccc1C(F)(F)F. The van der Waals surface area contributed by atoms with Crippen molar-refractivity contribution in [3.8, 4) is 0 Å². The molecule has 0 radical (unpaired) electrons. The highest BCUT2D eigenvalue weighted by atomic mass is 79.9. The van der Waals surface area contributed by atoms with E-state index in [0.29, 0.717) is 19.5 Å². The number of carbonyl (C=O) groups is 1. The molecule has 0 saturated carbocycles. The molecule has 1 aromatic heterocycles. The molecule has 4 rings (SSSR count). The van der Waals surface area contributed by atoms with E-state index >= 15 is 0 Å². The zero-order valence-corrected chi connectivity index (χ0v) is 26.0. The van der Waals surface area contributed by atoms with E-state index in [4.69, 9.17) is 9.72 Å². The molecule has 2 unspecified atom stereocenters. The minimum atomic E-state index is -4.53. The second-order valence-corrected chi connectivity index (χ2v) is 12.8. The van der Waals surface area contributed by atoms with Crippen molar-refractivity contribution in [3.63, 3.8) is 0 Å². The van der Waals surface area contributed by atoms with Crippen LogP contribution < -0.4 is 10.2 Å². The Labute approximate surface area is 253 Å². The van der Waals surface area contributed by atoms with E-state index in [-0.39, 0.29) is 31.5 Å². The number of fused-ring (bicyclic) bond motifs is 1. The summed E-state index contributed by atoms with van der Waals surface area (Å²) in [6.07, 6.45) is -3.98. The Morgan fingerprint density at radius 1 is 1.19 bits per heavy atom. The third kappa shape index (κ3) is 8.22. The number of nitrogens with zero attached hydrogens (tertiary/aromatic N) is 2. The third-order valence-corrected chi connectivity index (χ3v) is 7.97. The van der Waals surface area contributed by atoms with Crippen LogP contribution in [0.2, 0.25) is 0 Å². The molecule has 0 aliphatic carbocycles. The van der Waals surface area contributed by atoms with Crippen LogP contribution in [0.3, 0.4) is 0 Å². The number of benzene rings is 2. The molecule has 0 bridgehead atoms. The quantitative estimate of drug-likeness (QED) is 0.186. The smallest absolute Gasteiger partial charge is 0.416 e. The molecular formula is C32H38BrF4N3O2. The van der Waals surface area contributed by atoms with Gasteiger partial charge in [0, 0.05) is 35.9 Å². The molecule has 5 nitrogen and oxygen atoms in total. The highest BCUT2D eigenvalue weighted by molar-refractivity contribution is 9.10. The molecule has 1 fully saturated rings. The number of nitrogens with one attached hydrogen (secondary N) is 1. The van der Waals surface area contributed by atoms with Crippen molar-refractivity contribution in [2.75, 3.05) is 24.5 Å². The number of piperidine rings is 1. The molecule has 1 saturated heterocycles. The molecule has 2 atom stereocenters. The molecule has 228 valence electrons. The number of esters is 1. The molecule has 1 aliphatic rings. The van der Waals surface area contributed by atoms with Crippen molar-refractivity contribution in [2.45, 2.75) is 83.8 Å². The fraction of sp³-hybridized carbons (Fsp3) is 0.500. The second-order valence-electron chi connectivity index (χ2n) is 11.9. The normalized spacial score (nSPS) is 17.0. The molecule has 2 heterocycles. The van der Waals surface area contributed by atoms with Gasteiger partial charge in [-0.05, 0) is 93.8 Å². The van der Waals surface area contributed by atoms with Gasteiger partial charge in [-0.2, -0.15) is 13.2 Å². The number of rotatable bonds is 9. The summed E-state index contributed by atoms with van der Waals surface area (Å²) >= 11 is 3.54. The van der Waals surface area contributed by atoms with E-state index in [1.54, 1.807) is 26.8 Å². The second kappa shape index (κ2) is 13.3. The van der Waals surface area contributed by atoms with Crippen LogP contribution in [-0.2, 0) is 22.3 Å². The van der Waals surface area contributed by atoms with Gasteiger partial charge in [-0.25, -0.2) is 9.37 Å². The summed E-state index contributed by atoms with van der Waals surface area (Å²) in [6.45, 7) is 8.79. The number of pyridine rings is 1. The number of aromatic nitrogens is 1. The topological polar surface area (TPSA) is 54.5 Å². The maximum atomic E-state index is 14.3. The Morgan fingerprint density at radius 3 is 2.62 bits per heavy atom. The monoisotopic (exact) mass is 651 g/mol. The van der Waals surface area contributed by atoms with Crippen LogP contribution in [0.1, 0.15) is 74.6 Å². The van der Waals surface area contributed by atoms with Crippen LogP contribution in [0.15, 0.2) is 46.9 Å². The van der Waals surface area contributed by atoms with Crippen molar-refractivity contribution < 1.29 is 27.1 Å². The summed E-state index contributed by atoms with van der Waals surface area (Å²) < 4.78 is 62.5. The van der Waals surface area contributed by atoms with Gasteiger partial charge in [-0.15, -0.1) is 0 Å². The summed E-state index contributed by atoms with van der Waals surface area (Å²) in [4.78, 5) is 19.4. The summed E-state index contributed by atoms with van der Waals surface area (Å²) in [5.41, 5.74) is 1.37. The lowest BCUT2D eigenvalue weighted by Crippen LogP contribution is -2.37. The van der Waals surface area contributed by atoms with Crippen molar-refractivity contribution in [3.05, 3.63) is 69.2 Å². The first kappa shape index (κ1) is 32.2. The van der Waals surface area contributed by atoms with Gasteiger partial charge in [-0.3, -0.25) is 4.79 Å². The standard InChI is InChI=1S/C32H38BrF4N3O2/c1-20-26(25-16-22(33)12-13-28(25)39-30(20)40-15-7-8-23(34)19-40)18-38-17-21(11-14-29(41)42-31(2,3)4)24-9-5-6-10-27(24)32(35,36)37/h5-6,9-10,12-13,16,21,23,38H,7-8,11,14-15,17-19H2,1-4H3. The maximum Gasteiger partial charge on any atom is 0.416 e. The third-order valence-electron chi connectivity index (χ3n) is 7.48. The number of anilines is 1. The van der Waals surface area contributed by atoms with Gasteiger partial charge >= 0.3 is 12.1 Å². The Kier molecular flexibility index (Phi) is 10.2. The lowest BCUT2D eigenvalue weighted by Gasteiger charge is -2.32. The van der Waals surface area contributed by atoms with Crippen LogP contribution in [0.25, 0.3) is 10.9 Å². The van der Waals surface area contributed by atoms with E-state index in [2.05, 4.69) is 21.2 Å². The lowest BCUT2D eigenvalue weighted by atomic mass is 9.89. The predicted octanol–water partition coefficient (Wildman–Crippen LogP) is 8.26. The van der Waals surface area contributed by atoms with Crippen LogP contribution in [-0.4, -0.2) is 42.4 Å². The van der Waals surface area contributed by atoms with Crippen molar-refractivity contribution in [2.24, 2.45) is 0 Å². The van der Waals surface area contributed by atoms with Gasteiger partial charge in [0.15, 0.2) is 0 Å². The van der Waals surface area contributed by atoms with Gasteiger partial charge in [0.25, 0.3) is 0 Å². The van der Waals surface area contributed by atoms with E-state index in [0.717, 1.165) is 44.8 Å². The number of alkyl halides is 4. The fourth-order valence-corrected chi connectivity index (χ4v) is 5.93. The molecule has 10 heteroatoms. The minimum absolute atomic E-state index is 0.0104. The first-order valence-corrected chi connectivity index (χ1v) is 15.1. The maximum absolute atomic E-state index is 14.3. The summed E-state index contributed by atoms with van der Waals surface area (Å²) in [5.74, 6) is -0.313. The van der Waals surface area contributed by atoms with Crippen molar-refractivity contribution in [1.29, 1.82) is 0 Å². The average molecular weight is 653 g/mol. The first-order valence-electron chi connectivity index (χ1n) is 14.3. The molecule has 1 aliphatic heterocycles. The number of hydrogen-bond acceptors (Lipinski definition) is 5. The van der Waals surface area contributed by atoms with Crippen LogP contribution in [0, 0.1) is 6.92 Å². The zero-order valence-electron chi connectivity index (χ0n) is 24.5. The highest BCUT2D eigenvalue weighted by Gasteiger charge is 2.35. The number of hydrogen-bond donors (Lipinski definition) is 1. The summed E-state index contributed by atoms with van der Waals surface area (Å²) in [5, 5.41) is 4.30. The summed E-state index contributed by atoms with van der Waals surface area (Å²) in [6, 6.07) is 11.3. The van der Waals surface area contributed by atoms with E-state index < -0.39 is 35.4 Å². The zero-order chi connectivity index (χ0) is 30.7.